The van der Waals surface area contributed by atoms with E-state index >= 15 is 0 Å². The van der Waals surface area contributed by atoms with E-state index in [9.17, 15) is 0 Å². The Morgan fingerprint density at radius 3 is 1.71 bits per heavy atom. The third-order valence-electron chi connectivity index (χ3n) is 3.16. The van der Waals surface area contributed by atoms with Crippen molar-refractivity contribution in [2.45, 2.75) is 71.1 Å². The van der Waals surface area contributed by atoms with Crippen molar-refractivity contribution in [3.63, 3.8) is 0 Å². The monoisotopic (exact) mass is 258 g/mol. The van der Waals surface area contributed by atoms with Gasteiger partial charge in [-0.1, -0.05) is 60.0 Å². The summed E-state index contributed by atoms with van der Waals surface area (Å²) in [4.78, 5) is 0. The zero-order valence-electron chi connectivity index (χ0n) is 9.45. The molecule has 0 saturated carbocycles. The van der Waals surface area contributed by atoms with Crippen LogP contribution in [0.2, 0.25) is 0 Å². The Bertz CT molecular complexity index is 162. The quantitative estimate of drug-likeness (QED) is 0.533. The first-order valence-corrected chi connectivity index (χ1v) is 6.94. The van der Waals surface area contributed by atoms with Crippen LogP contribution in [0.3, 0.4) is 0 Å². The summed E-state index contributed by atoms with van der Waals surface area (Å²) in [6, 6.07) is 0. The third-order valence-corrected chi connectivity index (χ3v) is 4.23. The molecule has 0 unspecified atom stereocenters. The first kappa shape index (κ1) is 12.3. The first-order chi connectivity index (χ1) is 6.80. The van der Waals surface area contributed by atoms with Gasteiger partial charge in [-0.15, -0.1) is 0 Å². The van der Waals surface area contributed by atoms with Crippen molar-refractivity contribution < 1.29 is 0 Å². The van der Waals surface area contributed by atoms with E-state index in [1.165, 1.54) is 68.7 Å². The molecule has 0 aromatic carbocycles. The maximum atomic E-state index is 3.72. The molecular weight excluding hydrogens is 236 g/mol. The molecule has 0 spiro atoms. The highest BCUT2D eigenvalue weighted by Gasteiger charge is 2.01. The minimum atomic E-state index is 1.27. The molecule has 0 aromatic rings. The van der Waals surface area contributed by atoms with Crippen molar-refractivity contribution in [3.05, 3.63) is 10.1 Å². The first-order valence-electron chi connectivity index (χ1n) is 6.15. The zero-order valence-corrected chi connectivity index (χ0v) is 11.0. The highest BCUT2D eigenvalue weighted by molar-refractivity contribution is 9.11. The van der Waals surface area contributed by atoms with Crippen LogP contribution in [0.15, 0.2) is 10.1 Å². The van der Waals surface area contributed by atoms with Gasteiger partial charge in [0.2, 0.25) is 0 Å². The molecule has 0 bridgehead atoms. The molecule has 0 saturated heterocycles. The molecule has 0 atom stereocenters. The standard InChI is InChI=1S/C13H23Br/c1-12-10-8-6-4-2-3-5-7-9-11-13(12)14/h2-11H2,1H3/b13-12+. The molecule has 1 aliphatic carbocycles. The smallest absolute Gasteiger partial charge is 0.00601 e. The van der Waals surface area contributed by atoms with Gasteiger partial charge in [0.05, 0.1) is 0 Å². The van der Waals surface area contributed by atoms with Gasteiger partial charge in [-0.25, -0.2) is 0 Å². The Morgan fingerprint density at radius 1 is 0.714 bits per heavy atom. The van der Waals surface area contributed by atoms with Gasteiger partial charge >= 0.3 is 0 Å². The Labute approximate surface area is 97.3 Å². The van der Waals surface area contributed by atoms with E-state index in [4.69, 9.17) is 0 Å². The lowest BCUT2D eigenvalue weighted by Crippen LogP contribution is -1.88. The van der Waals surface area contributed by atoms with E-state index < -0.39 is 0 Å². The second-order valence-electron chi connectivity index (χ2n) is 4.51. The molecule has 82 valence electrons. The van der Waals surface area contributed by atoms with Crippen LogP contribution in [0.1, 0.15) is 71.1 Å². The molecule has 0 N–H and O–H groups in total. The van der Waals surface area contributed by atoms with Gasteiger partial charge in [0, 0.05) is 0 Å². The van der Waals surface area contributed by atoms with E-state index in [1.54, 1.807) is 5.57 Å². The number of halogens is 1. The SMILES string of the molecule is C/C1=C(\Br)CCCCCCCCCC1. The van der Waals surface area contributed by atoms with Gasteiger partial charge in [-0.3, -0.25) is 0 Å². The Hall–Kier alpha value is 0.220. The summed E-state index contributed by atoms with van der Waals surface area (Å²) in [6.45, 7) is 2.29. The van der Waals surface area contributed by atoms with Gasteiger partial charge in [-0.2, -0.15) is 0 Å². The Kier molecular flexibility index (Phi) is 6.59. The molecule has 0 fully saturated rings. The lowest BCUT2D eigenvalue weighted by atomic mass is 10.0. The zero-order chi connectivity index (χ0) is 10.2. The Morgan fingerprint density at radius 2 is 1.14 bits per heavy atom. The molecule has 1 heteroatoms. The topological polar surface area (TPSA) is 0 Å². The normalized spacial score (nSPS) is 27.9. The Balaban J connectivity index is 2.37. The molecule has 0 nitrogen and oxygen atoms in total. The van der Waals surface area contributed by atoms with E-state index in [2.05, 4.69) is 22.9 Å². The average Bonchev–Trinajstić information content (AvgIpc) is 2.18. The summed E-state index contributed by atoms with van der Waals surface area (Å²) >= 11 is 3.72. The largest absolute Gasteiger partial charge is 0.0632 e. The summed E-state index contributed by atoms with van der Waals surface area (Å²) in [5, 5.41) is 0. The van der Waals surface area contributed by atoms with Gasteiger partial charge < -0.3 is 0 Å². The average molecular weight is 259 g/mol. The highest BCUT2D eigenvalue weighted by atomic mass is 79.9. The van der Waals surface area contributed by atoms with E-state index in [-0.39, 0.29) is 0 Å². The molecule has 1 aliphatic rings. The van der Waals surface area contributed by atoms with Gasteiger partial charge in [-0.05, 0) is 37.1 Å². The summed E-state index contributed by atoms with van der Waals surface area (Å²) in [5.41, 5.74) is 1.59. The summed E-state index contributed by atoms with van der Waals surface area (Å²) in [5.74, 6) is 0. The molecule has 0 aliphatic heterocycles. The maximum Gasteiger partial charge on any atom is -0.00601 e. The minimum Gasteiger partial charge on any atom is -0.0632 e. The third kappa shape index (κ3) is 5.19. The predicted octanol–water partition coefficient (Wildman–Crippen LogP) is 5.57. The molecule has 14 heavy (non-hydrogen) atoms. The summed E-state index contributed by atoms with van der Waals surface area (Å²) in [7, 11) is 0. The van der Waals surface area contributed by atoms with Crippen LogP contribution in [0.4, 0.5) is 0 Å². The van der Waals surface area contributed by atoms with Crippen molar-refractivity contribution in [1.82, 2.24) is 0 Å². The lowest BCUT2D eigenvalue weighted by Gasteiger charge is -2.09. The highest BCUT2D eigenvalue weighted by Crippen LogP contribution is 2.24. The van der Waals surface area contributed by atoms with Crippen molar-refractivity contribution in [2.24, 2.45) is 0 Å². The van der Waals surface area contributed by atoms with Crippen LogP contribution in [0.25, 0.3) is 0 Å². The minimum absolute atomic E-state index is 1.27. The lowest BCUT2D eigenvalue weighted by molar-refractivity contribution is 0.562. The number of hydrogen-bond donors (Lipinski definition) is 0. The number of rotatable bonds is 0. The van der Waals surface area contributed by atoms with Crippen molar-refractivity contribution in [1.29, 1.82) is 0 Å². The fourth-order valence-corrected chi connectivity index (χ4v) is 2.56. The van der Waals surface area contributed by atoms with Crippen LogP contribution in [0, 0.1) is 0 Å². The van der Waals surface area contributed by atoms with Crippen LogP contribution in [-0.2, 0) is 0 Å². The van der Waals surface area contributed by atoms with Crippen molar-refractivity contribution in [2.75, 3.05) is 0 Å². The predicted molar refractivity (Wildman–Crippen MR) is 67.8 cm³/mol. The van der Waals surface area contributed by atoms with Crippen molar-refractivity contribution in [3.8, 4) is 0 Å². The van der Waals surface area contributed by atoms with Gasteiger partial charge in [0.25, 0.3) is 0 Å². The van der Waals surface area contributed by atoms with Gasteiger partial charge in [0.15, 0.2) is 0 Å². The van der Waals surface area contributed by atoms with Crippen molar-refractivity contribution >= 4 is 15.9 Å². The molecular formula is C13H23Br. The van der Waals surface area contributed by atoms with Crippen LogP contribution in [-0.4, -0.2) is 0 Å². The van der Waals surface area contributed by atoms with Gasteiger partial charge in [0.1, 0.15) is 0 Å². The van der Waals surface area contributed by atoms with E-state index in [0.29, 0.717) is 0 Å². The van der Waals surface area contributed by atoms with Crippen LogP contribution < -0.4 is 0 Å². The van der Waals surface area contributed by atoms with E-state index in [0.717, 1.165) is 0 Å². The molecule has 0 amide bonds. The number of allylic oxidation sites excluding steroid dienone is 2. The molecule has 0 heterocycles. The fraction of sp³-hybridized carbons (Fsp3) is 0.846. The molecule has 0 radical (unpaired) electrons. The maximum absolute atomic E-state index is 3.72. The van der Waals surface area contributed by atoms with Crippen LogP contribution >= 0.6 is 15.9 Å². The molecule has 1 rings (SSSR count). The van der Waals surface area contributed by atoms with Crippen LogP contribution in [0.5, 0.6) is 0 Å². The molecule has 0 aromatic heterocycles. The second-order valence-corrected chi connectivity index (χ2v) is 5.47. The number of hydrogen-bond acceptors (Lipinski definition) is 0. The second kappa shape index (κ2) is 7.50. The summed E-state index contributed by atoms with van der Waals surface area (Å²) < 4.78 is 1.48. The summed E-state index contributed by atoms with van der Waals surface area (Å²) in [6.07, 6.45) is 14.0. The fourth-order valence-electron chi connectivity index (χ4n) is 2.08. The van der Waals surface area contributed by atoms with E-state index in [1.807, 2.05) is 0 Å².